The molecule has 1 heterocycles. The number of hydrogen-bond acceptors (Lipinski definition) is 4. The minimum absolute atomic E-state index is 0.279. The normalized spacial score (nSPS) is 18.9. The minimum Gasteiger partial charge on any atom is -0.465 e. The van der Waals surface area contributed by atoms with E-state index in [4.69, 9.17) is 14.0 Å². The molecule has 1 fully saturated rings. The first-order valence-corrected chi connectivity index (χ1v) is 7.63. The number of ether oxygens (including phenoxy) is 1. The van der Waals surface area contributed by atoms with Crippen LogP contribution in [0.25, 0.3) is 0 Å². The maximum absolute atomic E-state index is 11.3. The molecule has 1 aromatic rings. The zero-order chi connectivity index (χ0) is 17.3. The van der Waals surface area contributed by atoms with Crippen molar-refractivity contribution in [1.82, 2.24) is 0 Å². The van der Waals surface area contributed by atoms with Crippen LogP contribution in [0.4, 0.5) is 10.5 Å². The van der Waals surface area contributed by atoms with Crippen LogP contribution in [0.3, 0.4) is 0 Å². The number of rotatable bonds is 5. The van der Waals surface area contributed by atoms with Gasteiger partial charge in [-0.3, -0.25) is 4.90 Å². The number of amides is 1. The third kappa shape index (κ3) is 3.68. The molecule has 1 amide bonds. The Morgan fingerprint density at radius 1 is 1.17 bits per heavy atom. The van der Waals surface area contributed by atoms with Gasteiger partial charge in [0.15, 0.2) is 0 Å². The molecule has 0 spiro atoms. The molecule has 0 atom stereocenters. The van der Waals surface area contributed by atoms with Crippen molar-refractivity contribution < 1.29 is 23.9 Å². The molecule has 0 aliphatic carbocycles. The summed E-state index contributed by atoms with van der Waals surface area (Å²) in [6.07, 6.45) is -1.01. The van der Waals surface area contributed by atoms with Crippen LogP contribution >= 0.6 is 0 Å². The van der Waals surface area contributed by atoms with E-state index < -0.39 is 24.4 Å². The first-order chi connectivity index (χ1) is 10.7. The highest BCUT2D eigenvalue weighted by Crippen LogP contribution is 2.36. The van der Waals surface area contributed by atoms with Crippen molar-refractivity contribution in [1.29, 1.82) is 0 Å². The summed E-state index contributed by atoms with van der Waals surface area (Å²) in [5, 5.41) is 9.29. The molecule has 6 nitrogen and oxygen atoms in total. The van der Waals surface area contributed by atoms with Crippen LogP contribution in [0, 0.1) is 0 Å². The summed E-state index contributed by atoms with van der Waals surface area (Å²) in [6.45, 7) is 8.61. The van der Waals surface area contributed by atoms with Crippen LogP contribution in [0.15, 0.2) is 24.3 Å². The monoisotopic (exact) mass is 321 g/mol. The number of carbonyl (C=O) groups is 1. The molecule has 1 aliphatic heterocycles. The molecule has 0 unspecified atom stereocenters. The number of carboxylic acid groups (broad SMARTS) is 1. The Labute approximate surface area is 137 Å². The number of hydrogen-bond donors (Lipinski definition) is 1. The minimum atomic E-state index is -1.01. The number of anilines is 1. The molecule has 1 aromatic carbocycles. The Kier molecular flexibility index (Phi) is 5.03. The first-order valence-electron chi connectivity index (χ1n) is 7.63. The van der Waals surface area contributed by atoms with Crippen LogP contribution in [0.5, 0.6) is 0 Å². The molecule has 23 heavy (non-hydrogen) atoms. The highest BCUT2D eigenvalue weighted by Gasteiger charge is 2.51. The third-order valence-electron chi connectivity index (χ3n) is 4.48. The van der Waals surface area contributed by atoms with Crippen LogP contribution in [0.1, 0.15) is 27.7 Å². The lowest BCUT2D eigenvalue weighted by molar-refractivity contribution is 0.00578. The topological polar surface area (TPSA) is 68.2 Å². The van der Waals surface area contributed by atoms with E-state index in [9.17, 15) is 9.90 Å². The summed E-state index contributed by atoms with van der Waals surface area (Å²) in [6, 6.07) is 7.18. The summed E-state index contributed by atoms with van der Waals surface area (Å²) in [5.41, 5.74) is 0.656. The molecular formula is C16H24BNO5. The molecular weight excluding hydrogens is 297 g/mol. The van der Waals surface area contributed by atoms with Crippen molar-refractivity contribution in [2.24, 2.45) is 0 Å². The fourth-order valence-corrected chi connectivity index (χ4v) is 2.31. The molecule has 2 rings (SSSR count). The van der Waals surface area contributed by atoms with Gasteiger partial charge in [0.25, 0.3) is 0 Å². The van der Waals surface area contributed by atoms with E-state index in [1.165, 1.54) is 4.90 Å². The standard InChI is InChI=1S/C16H24BNO5/c1-15(2)16(3,4)23-17(22-15)12-6-8-13(9-7-12)18(14(19)20)10-11-21-5/h6-9H,10-11H2,1-5H3,(H,19,20). The van der Waals surface area contributed by atoms with E-state index in [1.54, 1.807) is 19.2 Å². The van der Waals surface area contributed by atoms with Crippen molar-refractivity contribution in [3.63, 3.8) is 0 Å². The van der Waals surface area contributed by atoms with Crippen molar-refractivity contribution in [2.75, 3.05) is 25.2 Å². The van der Waals surface area contributed by atoms with Gasteiger partial charge in [-0.1, -0.05) is 12.1 Å². The van der Waals surface area contributed by atoms with E-state index >= 15 is 0 Å². The van der Waals surface area contributed by atoms with Gasteiger partial charge >= 0.3 is 13.2 Å². The molecule has 0 radical (unpaired) electrons. The Morgan fingerprint density at radius 2 is 1.70 bits per heavy atom. The van der Waals surface area contributed by atoms with Crippen molar-refractivity contribution in [3.05, 3.63) is 24.3 Å². The maximum Gasteiger partial charge on any atom is 0.494 e. The average Bonchev–Trinajstić information content (AvgIpc) is 2.68. The second kappa shape index (κ2) is 6.51. The second-order valence-electron chi connectivity index (χ2n) is 6.61. The zero-order valence-electron chi connectivity index (χ0n) is 14.3. The largest absolute Gasteiger partial charge is 0.494 e. The molecule has 7 heteroatoms. The summed E-state index contributed by atoms with van der Waals surface area (Å²) in [7, 11) is 1.09. The summed E-state index contributed by atoms with van der Waals surface area (Å²) in [5.74, 6) is 0. The fraction of sp³-hybridized carbons (Fsp3) is 0.562. The number of benzene rings is 1. The van der Waals surface area contributed by atoms with E-state index in [0.29, 0.717) is 12.3 Å². The lowest BCUT2D eigenvalue weighted by Gasteiger charge is -2.32. The predicted molar refractivity (Wildman–Crippen MR) is 89.4 cm³/mol. The Hall–Kier alpha value is -1.57. The summed E-state index contributed by atoms with van der Waals surface area (Å²) in [4.78, 5) is 12.6. The van der Waals surface area contributed by atoms with Crippen molar-refractivity contribution in [3.8, 4) is 0 Å². The van der Waals surface area contributed by atoms with Gasteiger partial charge in [0.05, 0.1) is 24.4 Å². The van der Waals surface area contributed by atoms with Gasteiger partial charge < -0.3 is 19.2 Å². The van der Waals surface area contributed by atoms with Crippen LogP contribution < -0.4 is 10.4 Å². The van der Waals surface area contributed by atoms with E-state index in [0.717, 1.165) is 5.46 Å². The lowest BCUT2D eigenvalue weighted by atomic mass is 9.79. The highest BCUT2D eigenvalue weighted by molar-refractivity contribution is 6.62. The fourth-order valence-electron chi connectivity index (χ4n) is 2.31. The molecule has 1 saturated heterocycles. The SMILES string of the molecule is COCCN(C(=O)O)c1ccc(B2OC(C)(C)C(C)(C)O2)cc1. The molecule has 126 valence electrons. The van der Waals surface area contributed by atoms with Gasteiger partial charge in [0, 0.05) is 12.8 Å². The lowest BCUT2D eigenvalue weighted by Crippen LogP contribution is -2.41. The van der Waals surface area contributed by atoms with Crippen LogP contribution in [0.2, 0.25) is 0 Å². The van der Waals surface area contributed by atoms with Crippen molar-refractivity contribution in [2.45, 2.75) is 38.9 Å². The highest BCUT2D eigenvalue weighted by atomic mass is 16.7. The molecule has 0 saturated carbocycles. The smallest absolute Gasteiger partial charge is 0.465 e. The van der Waals surface area contributed by atoms with E-state index in [1.807, 2.05) is 39.8 Å². The first kappa shape index (κ1) is 17.8. The molecule has 1 N–H and O–H groups in total. The van der Waals surface area contributed by atoms with Gasteiger partial charge in [-0.25, -0.2) is 4.79 Å². The van der Waals surface area contributed by atoms with Crippen LogP contribution in [-0.2, 0) is 14.0 Å². The quantitative estimate of drug-likeness (QED) is 0.841. The van der Waals surface area contributed by atoms with Gasteiger partial charge in [-0.05, 0) is 45.3 Å². The van der Waals surface area contributed by atoms with Crippen molar-refractivity contribution >= 4 is 24.4 Å². The summed E-state index contributed by atoms with van der Waals surface area (Å²) >= 11 is 0. The average molecular weight is 321 g/mol. The van der Waals surface area contributed by atoms with Crippen LogP contribution in [-0.4, -0.2) is 49.8 Å². The van der Waals surface area contributed by atoms with Gasteiger partial charge in [0.2, 0.25) is 0 Å². The maximum atomic E-state index is 11.3. The van der Waals surface area contributed by atoms with E-state index in [2.05, 4.69) is 0 Å². The number of methoxy groups -OCH3 is 1. The predicted octanol–water partition coefficient (Wildman–Crippen LogP) is 2.12. The summed E-state index contributed by atoms with van der Waals surface area (Å²) < 4.78 is 16.9. The van der Waals surface area contributed by atoms with Gasteiger partial charge in [-0.2, -0.15) is 0 Å². The van der Waals surface area contributed by atoms with E-state index in [-0.39, 0.29) is 6.54 Å². The molecule has 1 aliphatic rings. The Morgan fingerprint density at radius 3 is 2.13 bits per heavy atom. The second-order valence-corrected chi connectivity index (χ2v) is 6.61. The zero-order valence-corrected chi connectivity index (χ0v) is 14.3. The van der Waals surface area contributed by atoms with Gasteiger partial charge in [-0.15, -0.1) is 0 Å². The Bertz CT molecular complexity index is 542. The van der Waals surface area contributed by atoms with Gasteiger partial charge in [0.1, 0.15) is 0 Å². The Balaban J connectivity index is 2.15. The molecule has 0 aromatic heterocycles. The number of nitrogens with zero attached hydrogens (tertiary/aromatic N) is 1. The molecule has 0 bridgehead atoms. The third-order valence-corrected chi connectivity index (χ3v) is 4.48.